The molecule has 0 bridgehead atoms. The normalized spacial score (nSPS) is 10.1. The lowest BCUT2D eigenvalue weighted by molar-refractivity contribution is 1.20. The van der Waals surface area contributed by atoms with Crippen LogP contribution in [0.1, 0.15) is 5.69 Å². The lowest BCUT2D eigenvalue weighted by Crippen LogP contribution is -1.88. The molecule has 0 radical (unpaired) electrons. The lowest BCUT2D eigenvalue weighted by Gasteiger charge is -2.06. The van der Waals surface area contributed by atoms with Gasteiger partial charge in [-0.15, -0.1) is 0 Å². The third-order valence-electron chi connectivity index (χ3n) is 2.42. The van der Waals surface area contributed by atoms with Crippen LogP contribution >= 0.6 is 11.9 Å². The molecule has 0 saturated heterocycles. The molecule has 1 aromatic carbocycles. The maximum atomic E-state index is 4.29. The van der Waals surface area contributed by atoms with E-state index in [1.807, 2.05) is 25.4 Å². The summed E-state index contributed by atoms with van der Waals surface area (Å²) in [5.74, 6) is 0. The Morgan fingerprint density at radius 2 is 1.88 bits per heavy atom. The van der Waals surface area contributed by atoms with Crippen LogP contribution in [0.2, 0.25) is 0 Å². The summed E-state index contributed by atoms with van der Waals surface area (Å²) >= 11 is 1.60. The molecule has 2 nitrogen and oxygen atoms in total. The Balaban J connectivity index is 2.31. The Morgan fingerprint density at radius 1 is 1.12 bits per heavy atom. The molecule has 1 N–H and O–H groups in total. The molecule has 3 heteroatoms. The summed E-state index contributed by atoms with van der Waals surface area (Å²) in [5.41, 5.74) is 4.58. The van der Waals surface area contributed by atoms with E-state index in [1.165, 1.54) is 11.1 Å². The second kappa shape index (κ2) is 5.03. The van der Waals surface area contributed by atoms with Crippen LogP contribution in [0.25, 0.3) is 11.1 Å². The van der Waals surface area contributed by atoms with Gasteiger partial charge < -0.3 is 4.72 Å². The lowest BCUT2D eigenvalue weighted by atomic mass is 10.0. The number of anilines is 1. The van der Waals surface area contributed by atoms with Crippen molar-refractivity contribution in [3.8, 4) is 11.1 Å². The SMILES string of the molecule is CSNc1ccc(-c2cccnc2C)cc1. The molecular weight excluding hydrogens is 216 g/mol. The molecule has 0 amide bonds. The molecule has 0 fully saturated rings. The summed E-state index contributed by atoms with van der Waals surface area (Å²) in [4.78, 5) is 4.29. The van der Waals surface area contributed by atoms with Gasteiger partial charge in [-0.05, 0) is 30.7 Å². The van der Waals surface area contributed by atoms with Crippen molar-refractivity contribution in [3.63, 3.8) is 0 Å². The Morgan fingerprint density at radius 3 is 2.50 bits per heavy atom. The van der Waals surface area contributed by atoms with Crippen LogP contribution in [0.3, 0.4) is 0 Å². The summed E-state index contributed by atoms with van der Waals surface area (Å²) in [6, 6.07) is 12.5. The van der Waals surface area contributed by atoms with Crippen molar-refractivity contribution in [1.82, 2.24) is 4.98 Å². The van der Waals surface area contributed by atoms with Gasteiger partial charge in [-0.25, -0.2) is 0 Å². The number of aromatic nitrogens is 1. The van der Waals surface area contributed by atoms with Gasteiger partial charge >= 0.3 is 0 Å². The summed E-state index contributed by atoms with van der Waals surface area (Å²) in [5, 5.41) is 0. The average molecular weight is 230 g/mol. The smallest absolute Gasteiger partial charge is 0.0450 e. The van der Waals surface area contributed by atoms with E-state index >= 15 is 0 Å². The van der Waals surface area contributed by atoms with Crippen LogP contribution < -0.4 is 4.72 Å². The van der Waals surface area contributed by atoms with Crippen molar-refractivity contribution < 1.29 is 0 Å². The van der Waals surface area contributed by atoms with Gasteiger partial charge in [-0.2, -0.15) is 0 Å². The Kier molecular flexibility index (Phi) is 3.47. The van der Waals surface area contributed by atoms with E-state index < -0.39 is 0 Å². The molecular formula is C13H14N2S. The Bertz CT molecular complexity index is 466. The van der Waals surface area contributed by atoms with Gasteiger partial charge in [0.15, 0.2) is 0 Å². The van der Waals surface area contributed by atoms with Gasteiger partial charge in [0.05, 0.1) is 0 Å². The number of aryl methyl sites for hydroxylation is 1. The number of nitrogens with one attached hydrogen (secondary N) is 1. The summed E-state index contributed by atoms with van der Waals surface area (Å²) in [7, 11) is 0. The van der Waals surface area contributed by atoms with E-state index in [4.69, 9.17) is 0 Å². The molecule has 1 aromatic heterocycles. The fraction of sp³-hybridized carbons (Fsp3) is 0.154. The van der Waals surface area contributed by atoms with Crippen molar-refractivity contribution in [2.45, 2.75) is 6.92 Å². The molecule has 2 rings (SSSR count). The summed E-state index contributed by atoms with van der Waals surface area (Å²) < 4.78 is 3.20. The van der Waals surface area contributed by atoms with Crippen molar-refractivity contribution in [1.29, 1.82) is 0 Å². The minimum Gasteiger partial charge on any atom is -0.330 e. The molecule has 0 saturated carbocycles. The quantitative estimate of drug-likeness (QED) is 0.813. The highest BCUT2D eigenvalue weighted by Crippen LogP contribution is 2.23. The minimum atomic E-state index is 1.06. The zero-order valence-electron chi connectivity index (χ0n) is 9.40. The van der Waals surface area contributed by atoms with Crippen molar-refractivity contribution in [2.24, 2.45) is 0 Å². The molecule has 0 aliphatic rings. The zero-order chi connectivity index (χ0) is 11.4. The maximum Gasteiger partial charge on any atom is 0.0450 e. The van der Waals surface area contributed by atoms with Gasteiger partial charge in [0.1, 0.15) is 0 Å². The number of hydrogen-bond acceptors (Lipinski definition) is 3. The van der Waals surface area contributed by atoms with Crippen molar-refractivity contribution >= 4 is 17.6 Å². The van der Waals surface area contributed by atoms with Gasteiger partial charge in [-0.3, -0.25) is 4.98 Å². The molecule has 0 unspecified atom stereocenters. The first-order valence-corrected chi connectivity index (χ1v) is 6.35. The highest BCUT2D eigenvalue weighted by molar-refractivity contribution is 7.99. The topological polar surface area (TPSA) is 24.9 Å². The third kappa shape index (κ3) is 2.36. The number of rotatable bonds is 3. The number of benzene rings is 1. The Hall–Kier alpha value is -1.48. The van der Waals surface area contributed by atoms with Gasteiger partial charge in [0.25, 0.3) is 0 Å². The van der Waals surface area contributed by atoms with Crippen molar-refractivity contribution in [3.05, 3.63) is 48.3 Å². The third-order valence-corrected chi connectivity index (χ3v) is 2.86. The first-order chi connectivity index (χ1) is 7.81. The van der Waals surface area contributed by atoms with Crippen LogP contribution in [0.4, 0.5) is 5.69 Å². The van der Waals surface area contributed by atoms with Crippen LogP contribution in [0.15, 0.2) is 42.6 Å². The number of nitrogens with zero attached hydrogens (tertiary/aromatic N) is 1. The summed E-state index contributed by atoms with van der Waals surface area (Å²) in [6.45, 7) is 2.03. The molecule has 0 atom stereocenters. The van der Waals surface area contributed by atoms with Crippen molar-refractivity contribution in [2.75, 3.05) is 11.0 Å². The second-order valence-electron chi connectivity index (χ2n) is 3.52. The Labute approximate surface area is 100 Å². The van der Waals surface area contributed by atoms with Crippen LogP contribution in [-0.2, 0) is 0 Å². The standard InChI is InChI=1S/C13H14N2S/c1-10-13(4-3-9-14-10)11-5-7-12(8-6-11)15-16-2/h3-9,15H,1-2H3. The van der Waals surface area contributed by atoms with E-state index in [2.05, 4.69) is 40.0 Å². The van der Waals surface area contributed by atoms with Crippen LogP contribution in [0.5, 0.6) is 0 Å². The predicted octanol–water partition coefficient (Wildman–Crippen LogP) is 3.75. The zero-order valence-corrected chi connectivity index (χ0v) is 10.2. The number of hydrogen-bond donors (Lipinski definition) is 1. The van der Waals surface area contributed by atoms with Gasteiger partial charge in [-0.1, -0.05) is 30.1 Å². The highest BCUT2D eigenvalue weighted by Gasteiger charge is 2.01. The molecule has 0 spiro atoms. The van der Waals surface area contributed by atoms with E-state index in [0.717, 1.165) is 11.4 Å². The maximum absolute atomic E-state index is 4.29. The predicted molar refractivity (Wildman–Crippen MR) is 71.5 cm³/mol. The molecule has 0 aliphatic carbocycles. The van der Waals surface area contributed by atoms with Crippen LogP contribution in [0, 0.1) is 6.92 Å². The van der Waals surface area contributed by atoms with E-state index in [9.17, 15) is 0 Å². The molecule has 1 heterocycles. The highest BCUT2D eigenvalue weighted by atomic mass is 32.2. The van der Waals surface area contributed by atoms with Gasteiger partial charge in [0.2, 0.25) is 0 Å². The monoisotopic (exact) mass is 230 g/mol. The minimum absolute atomic E-state index is 1.06. The van der Waals surface area contributed by atoms with Crippen LogP contribution in [-0.4, -0.2) is 11.2 Å². The largest absolute Gasteiger partial charge is 0.330 e. The first-order valence-electron chi connectivity index (χ1n) is 5.12. The van der Waals surface area contributed by atoms with E-state index in [1.54, 1.807) is 11.9 Å². The first kappa shape index (κ1) is 11.0. The fourth-order valence-electron chi connectivity index (χ4n) is 1.63. The van der Waals surface area contributed by atoms with E-state index in [-0.39, 0.29) is 0 Å². The summed E-state index contributed by atoms with van der Waals surface area (Å²) in [6.07, 6.45) is 3.83. The van der Waals surface area contributed by atoms with E-state index in [0.29, 0.717) is 0 Å². The molecule has 16 heavy (non-hydrogen) atoms. The molecule has 82 valence electrons. The molecule has 0 aliphatic heterocycles. The molecule has 2 aromatic rings. The fourth-order valence-corrected chi connectivity index (χ4v) is 2.00. The number of pyridine rings is 1. The average Bonchev–Trinajstić information content (AvgIpc) is 2.31. The second-order valence-corrected chi connectivity index (χ2v) is 4.13. The van der Waals surface area contributed by atoms with Gasteiger partial charge in [0, 0.05) is 29.4 Å².